The van der Waals surface area contributed by atoms with Gasteiger partial charge in [0.1, 0.15) is 11.4 Å². The second-order valence-electron chi connectivity index (χ2n) is 4.51. The Hall–Kier alpha value is -2.38. The van der Waals surface area contributed by atoms with Gasteiger partial charge in [0.05, 0.1) is 20.0 Å². The van der Waals surface area contributed by atoms with Crippen molar-refractivity contribution in [2.24, 2.45) is 0 Å². The molecule has 0 aliphatic carbocycles. The van der Waals surface area contributed by atoms with E-state index in [1.165, 1.54) is 7.11 Å². The van der Waals surface area contributed by atoms with Crippen LogP contribution in [0.3, 0.4) is 0 Å². The second kappa shape index (κ2) is 6.17. The molecule has 0 saturated carbocycles. The van der Waals surface area contributed by atoms with Gasteiger partial charge in [-0.3, -0.25) is 9.36 Å². The summed E-state index contributed by atoms with van der Waals surface area (Å²) in [5, 5.41) is 0. The number of aromatic nitrogens is 2. The maximum atomic E-state index is 13.1. The van der Waals surface area contributed by atoms with E-state index in [4.69, 9.17) is 4.74 Å². The summed E-state index contributed by atoms with van der Waals surface area (Å²) in [4.78, 5) is 15.0. The van der Waals surface area contributed by atoms with E-state index in [-0.39, 0.29) is 6.54 Å². The number of benzene rings is 1. The third-order valence-electron chi connectivity index (χ3n) is 3.01. The van der Waals surface area contributed by atoms with Crippen LogP contribution in [-0.2, 0) is 12.5 Å². The van der Waals surface area contributed by atoms with Crippen molar-refractivity contribution in [2.75, 3.05) is 7.11 Å². The molecule has 1 aromatic carbocycles. The quantitative estimate of drug-likeness (QED) is 0.797. The van der Waals surface area contributed by atoms with E-state index in [2.05, 4.69) is 4.98 Å². The summed E-state index contributed by atoms with van der Waals surface area (Å²) in [7, 11) is 1.51. The highest BCUT2D eigenvalue weighted by molar-refractivity contribution is 5.27. The van der Waals surface area contributed by atoms with E-state index in [0.717, 1.165) is 10.9 Å². The van der Waals surface area contributed by atoms with Gasteiger partial charge < -0.3 is 4.74 Å². The minimum absolute atomic E-state index is 0.0797. The molecule has 1 heterocycles. The monoisotopic (exact) mass is 316 g/mol. The average molecular weight is 316 g/mol. The first-order valence-electron chi connectivity index (χ1n) is 6.20. The van der Waals surface area contributed by atoms with Crippen molar-refractivity contribution in [2.45, 2.75) is 18.9 Å². The Morgan fingerprint density at radius 1 is 1.27 bits per heavy atom. The zero-order valence-electron chi connectivity index (χ0n) is 11.5. The molecule has 2 rings (SSSR count). The molecule has 8 heteroatoms. The maximum absolute atomic E-state index is 13.1. The Morgan fingerprint density at radius 2 is 1.91 bits per heavy atom. The van der Waals surface area contributed by atoms with Crippen molar-refractivity contribution in [1.29, 1.82) is 0 Å². The van der Waals surface area contributed by atoms with Crippen LogP contribution >= 0.6 is 0 Å². The standard InChI is InChI=1S/C14H12F4N2O2/c1-22-10-4-2-9(3-5-10)7-20-8-19-11(6-12(20)21)14(17,18)13(15)16/h2-6,8,13H,7H2,1H3. The number of rotatable bonds is 5. The Morgan fingerprint density at radius 3 is 2.41 bits per heavy atom. The van der Waals surface area contributed by atoms with Crippen molar-refractivity contribution in [3.05, 3.63) is 58.3 Å². The number of nitrogens with zero attached hydrogens (tertiary/aromatic N) is 2. The SMILES string of the molecule is COc1ccc(Cn2cnc(C(F)(F)C(F)F)cc2=O)cc1. The van der Waals surface area contributed by atoms with Gasteiger partial charge in [0.25, 0.3) is 5.56 Å². The van der Waals surface area contributed by atoms with Crippen molar-refractivity contribution >= 4 is 0 Å². The third kappa shape index (κ3) is 3.26. The molecule has 0 spiro atoms. The first kappa shape index (κ1) is 16.0. The van der Waals surface area contributed by atoms with E-state index in [0.29, 0.717) is 17.4 Å². The van der Waals surface area contributed by atoms with Gasteiger partial charge in [0.15, 0.2) is 0 Å². The van der Waals surface area contributed by atoms with E-state index in [9.17, 15) is 22.4 Å². The topological polar surface area (TPSA) is 44.1 Å². The minimum atomic E-state index is -4.45. The molecule has 118 valence electrons. The van der Waals surface area contributed by atoms with Crippen LogP contribution in [0.2, 0.25) is 0 Å². The van der Waals surface area contributed by atoms with Crippen molar-refractivity contribution < 1.29 is 22.3 Å². The number of hydrogen-bond donors (Lipinski definition) is 0. The lowest BCUT2D eigenvalue weighted by molar-refractivity contribution is -0.138. The van der Waals surface area contributed by atoms with Gasteiger partial charge in [-0.1, -0.05) is 12.1 Å². The number of alkyl halides is 4. The van der Waals surface area contributed by atoms with Gasteiger partial charge in [0, 0.05) is 6.07 Å². The van der Waals surface area contributed by atoms with Crippen LogP contribution in [0, 0.1) is 0 Å². The van der Waals surface area contributed by atoms with Crippen molar-refractivity contribution in [3.8, 4) is 5.75 Å². The number of hydrogen-bond acceptors (Lipinski definition) is 3. The number of halogens is 4. The molecule has 0 aliphatic rings. The summed E-state index contributed by atoms with van der Waals surface area (Å²) >= 11 is 0. The van der Waals surface area contributed by atoms with Crippen LogP contribution < -0.4 is 10.3 Å². The zero-order chi connectivity index (χ0) is 16.3. The Bertz CT molecular complexity index is 699. The highest BCUT2D eigenvalue weighted by atomic mass is 19.3. The fourth-order valence-electron chi connectivity index (χ4n) is 1.77. The molecule has 0 saturated heterocycles. The van der Waals surface area contributed by atoms with Crippen LogP contribution in [0.5, 0.6) is 5.75 Å². The summed E-state index contributed by atoms with van der Waals surface area (Å²) in [6, 6.07) is 7.15. The van der Waals surface area contributed by atoms with Crippen LogP contribution in [0.1, 0.15) is 11.3 Å². The van der Waals surface area contributed by atoms with Gasteiger partial charge in [-0.2, -0.15) is 8.78 Å². The molecule has 0 aliphatic heterocycles. The summed E-state index contributed by atoms with van der Waals surface area (Å²) in [5.74, 6) is -3.82. The fourth-order valence-corrected chi connectivity index (χ4v) is 1.77. The van der Waals surface area contributed by atoms with Crippen LogP contribution in [-0.4, -0.2) is 23.1 Å². The van der Waals surface area contributed by atoms with Gasteiger partial charge in [-0.15, -0.1) is 0 Å². The minimum Gasteiger partial charge on any atom is -0.497 e. The highest BCUT2D eigenvalue weighted by Crippen LogP contribution is 2.32. The van der Waals surface area contributed by atoms with Crippen molar-refractivity contribution in [3.63, 3.8) is 0 Å². The lowest BCUT2D eigenvalue weighted by Crippen LogP contribution is -2.29. The molecule has 0 bridgehead atoms. The van der Waals surface area contributed by atoms with Crippen LogP contribution in [0.25, 0.3) is 0 Å². The maximum Gasteiger partial charge on any atom is 0.349 e. The van der Waals surface area contributed by atoms with E-state index in [1.54, 1.807) is 24.3 Å². The van der Waals surface area contributed by atoms with Gasteiger partial charge in [-0.25, -0.2) is 13.8 Å². The predicted molar refractivity (Wildman–Crippen MR) is 70.5 cm³/mol. The average Bonchev–Trinajstić information content (AvgIpc) is 2.49. The van der Waals surface area contributed by atoms with E-state index >= 15 is 0 Å². The van der Waals surface area contributed by atoms with Gasteiger partial charge in [0.2, 0.25) is 0 Å². The van der Waals surface area contributed by atoms with Crippen LogP contribution in [0.4, 0.5) is 17.6 Å². The molecule has 0 radical (unpaired) electrons. The summed E-state index contributed by atoms with van der Waals surface area (Å²) in [6.07, 6.45) is -3.09. The molecule has 4 nitrogen and oxygen atoms in total. The number of ether oxygens (including phenoxy) is 1. The Balaban J connectivity index is 2.24. The number of methoxy groups -OCH3 is 1. The molecule has 0 atom stereocenters. The first-order chi connectivity index (χ1) is 10.3. The summed E-state index contributed by atoms with van der Waals surface area (Å²) in [5.41, 5.74) is -1.36. The smallest absolute Gasteiger partial charge is 0.349 e. The summed E-state index contributed by atoms with van der Waals surface area (Å²) in [6.45, 7) is 0.0797. The second-order valence-corrected chi connectivity index (χ2v) is 4.51. The van der Waals surface area contributed by atoms with Crippen molar-refractivity contribution in [1.82, 2.24) is 9.55 Å². The fraction of sp³-hybridized carbons (Fsp3) is 0.286. The molecule has 1 aromatic heterocycles. The molecule has 0 amide bonds. The van der Waals surface area contributed by atoms with Gasteiger partial charge >= 0.3 is 12.3 Å². The first-order valence-corrected chi connectivity index (χ1v) is 6.20. The predicted octanol–water partition coefficient (Wildman–Crippen LogP) is 2.66. The molecular formula is C14H12F4N2O2. The zero-order valence-corrected chi connectivity index (χ0v) is 11.5. The Kier molecular flexibility index (Phi) is 4.48. The molecule has 0 N–H and O–H groups in total. The Labute approximate surface area is 123 Å². The lowest BCUT2D eigenvalue weighted by atomic mass is 10.2. The summed E-state index contributed by atoms with van der Waals surface area (Å²) < 4.78 is 56.8. The van der Waals surface area contributed by atoms with E-state index in [1.807, 2.05) is 0 Å². The van der Waals surface area contributed by atoms with Crippen LogP contribution in [0.15, 0.2) is 41.5 Å². The lowest BCUT2D eigenvalue weighted by Gasteiger charge is -2.14. The normalized spacial score (nSPS) is 11.7. The molecule has 2 aromatic rings. The largest absolute Gasteiger partial charge is 0.497 e. The molecule has 0 unspecified atom stereocenters. The molecule has 22 heavy (non-hydrogen) atoms. The highest BCUT2D eigenvalue weighted by Gasteiger charge is 2.44. The van der Waals surface area contributed by atoms with E-state index < -0.39 is 23.6 Å². The van der Waals surface area contributed by atoms with Gasteiger partial charge in [-0.05, 0) is 17.7 Å². The molecular weight excluding hydrogens is 304 g/mol. The molecule has 0 fully saturated rings. The third-order valence-corrected chi connectivity index (χ3v) is 3.01.